The Hall–Kier alpha value is -0.820. The van der Waals surface area contributed by atoms with Gasteiger partial charge in [0.1, 0.15) is 0 Å². The first-order chi connectivity index (χ1) is 6.28. The van der Waals surface area contributed by atoms with Crippen molar-refractivity contribution < 1.29 is 18.0 Å². The summed E-state index contributed by atoms with van der Waals surface area (Å²) in [5.74, 6) is 4.34. The summed E-state index contributed by atoms with van der Waals surface area (Å²) in [6.45, 7) is 1.26. The van der Waals surface area contributed by atoms with Crippen LogP contribution in [0, 0.1) is 0 Å². The minimum absolute atomic E-state index is 0.224. The van der Waals surface area contributed by atoms with Crippen LogP contribution in [-0.4, -0.2) is 36.6 Å². The normalized spacial score (nSPS) is 14.2. The lowest BCUT2D eigenvalue weighted by molar-refractivity contribution is -0.141. The largest absolute Gasteiger partial charge is 0.390 e. The van der Waals surface area contributed by atoms with Crippen LogP contribution >= 0.6 is 0 Å². The van der Waals surface area contributed by atoms with Crippen molar-refractivity contribution in [2.24, 2.45) is 5.84 Å². The predicted molar refractivity (Wildman–Crippen MR) is 45.1 cm³/mol. The van der Waals surface area contributed by atoms with E-state index in [1.807, 2.05) is 5.43 Å². The van der Waals surface area contributed by atoms with Gasteiger partial charge in [0.05, 0.1) is 12.5 Å². The molecule has 3 N–H and O–H groups in total. The molecule has 0 rings (SSSR count). The van der Waals surface area contributed by atoms with E-state index in [9.17, 15) is 18.0 Å². The van der Waals surface area contributed by atoms with Gasteiger partial charge in [-0.3, -0.25) is 15.1 Å². The minimum atomic E-state index is -4.20. The molecule has 0 aromatic heterocycles. The first-order valence-corrected chi connectivity index (χ1v) is 4.05. The topological polar surface area (TPSA) is 58.4 Å². The van der Waals surface area contributed by atoms with Crippen LogP contribution in [0.5, 0.6) is 0 Å². The fourth-order valence-electron chi connectivity index (χ4n) is 0.818. The second-order valence-corrected chi connectivity index (χ2v) is 3.03. The van der Waals surface area contributed by atoms with Crippen LogP contribution in [0.2, 0.25) is 0 Å². The molecule has 84 valence electrons. The number of nitrogens with one attached hydrogen (secondary N) is 1. The van der Waals surface area contributed by atoms with E-state index in [1.54, 1.807) is 0 Å². The molecule has 0 saturated heterocycles. The van der Waals surface area contributed by atoms with E-state index in [-0.39, 0.29) is 6.54 Å². The molecule has 0 aliphatic rings. The van der Waals surface area contributed by atoms with Crippen LogP contribution in [0.15, 0.2) is 0 Å². The highest BCUT2D eigenvalue weighted by Gasteiger charge is 2.28. The maximum Gasteiger partial charge on any atom is 0.390 e. The Labute approximate surface area is 80.2 Å². The standard InChI is InChI=1S/C7H14F3N3O/c1-5(6(14)12-11)13(2)4-3-7(8,9)10/h5H,3-4,11H2,1-2H3,(H,12,14). The van der Waals surface area contributed by atoms with Gasteiger partial charge in [-0.05, 0) is 14.0 Å². The van der Waals surface area contributed by atoms with Gasteiger partial charge < -0.3 is 0 Å². The number of hydrazine groups is 1. The van der Waals surface area contributed by atoms with Crippen LogP contribution in [0.4, 0.5) is 13.2 Å². The Bertz CT molecular complexity index is 195. The quantitative estimate of drug-likeness (QED) is 0.400. The second-order valence-electron chi connectivity index (χ2n) is 3.03. The molecule has 1 amide bonds. The fourth-order valence-corrected chi connectivity index (χ4v) is 0.818. The van der Waals surface area contributed by atoms with Crippen molar-refractivity contribution in [1.29, 1.82) is 0 Å². The summed E-state index contributed by atoms with van der Waals surface area (Å²) in [6.07, 6.45) is -5.14. The Morgan fingerprint density at radius 3 is 2.43 bits per heavy atom. The Balaban J connectivity index is 3.96. The molecule has 7 heteroatoms. The minimum Gasteiger partial charge on any atom is -0.295 e. The highest BCUT2D eigenvalue weighted by molar-refractivity contribution is 5.80. The summed E-state index contributed by atoms with van der Waals surface area (Å²) in [5, 5.41) is 0. The van der Waals surface area contributed by atoms with Crippen molar-refractivity contribution in [2.75, 3.05) is 13.6 Å². The maximum atomic E-state index is 11.8. The molecule has 0 radical (unpaired) electrons. The average Bonchev–Trinajstić information content (AvgIpc) is 2.10. The molecule has 1 atom stereocenters. The molecule has 0 aromatic carbocycles. The van der Waals surface area contributed by atoms with Gasteiger partial charge in [-0.1, -0.05) is 0 Å². The first kappa shape index (κ1) is 13.2. The van der Waals surface area contributed by atoms with Crippen LogP contribution in [0.1, 0.15) is 13.3 Å². The van der Waals surface area contributed by atoms with Gasteiger partial charge in [0.25, 0.3) is 5.91 Å². The molecule has 1 unspecified atom stereocenters. The summed E-state index contributed by atoms with van der Waals surface area (Å²) in [7, 11) is 1.44. The number of nitrogens with zero attached hydrogens (tertiary/aromatic N) is 1. The lowest BCUT2D eigenvalue weighted by Gasteiger charge is -2.23. The number of hydrogen-bond acceptors (Lipinski definition) is 3. The van der Waals surface area contributed by atoms with Gasteiger partial charge in [-0.2, -0.15) is 13.2 Å². The number of alkyl halides is 3. The summed E-state index contributed by atoms with van der Waals surface area (Å²) in [6, 6.07) is -0.664. The first-order valence-electron chi connectivity index (χ1n) is 4.05. The number of carbonyl (C=O) groups is 1. The van der Waals surface area contributed by atoms with Crippen molar-refractivity contribution >= 4 is 5.91 Å². The fraction of sp³-hybridized carbons (Fsp3) is 0.857. The zero-order chi connectivity index (χ0) is 11.4. The van der Waals surface area contributed by atoms with E-state index in [1.165, 1.54) is 18.9 Å². The van der Waals surface area contributed by atoms with E-state index < -0.39 is 24.5 Å². The van der Waals surface area contributed by atoms with Gasteiger partial charge >= 0.3 is 6.18 Å². The van der Waals surface area contributed by atoms with E-state index in [0.29, 0.717) is 0 Å². The van der Waals surface area contributed by atoms with Crippen molar-refractivity contribution in [3.63, 3.8) is 0 Å². The van der Waals surface area contributed by atoms with Crippen LogP contribution in [-0.2, 0) is 4.79 Å². The number of amides is 1. The molecule has 0 aliphatic carbocycles. The third kappa shape index (κ3) is 5.03. The van der Waals surface area contributed by atoms with E-state index >= 15 is 0 Å². The molecule has 0 heterocycles. The highest BCUT2D eigenvalue weighted by atomic mass is 19.4. The number of rotatable bonds is 4. The van der Waals surface area contributed by atoms with Gasteiger partial charge in [0.2, 0.25) is 0 Å². The van der Waals surface area contributed by atoms with E-state index in [4.69, 9.17) is 5.84 Å². The van der Waals surface area contributed by atoms with E-state index in [2.05, 4.69) is 0 Å². The van der Waals surface area contributed by atoms with Crippen LogP contribution in [0.25, 0.3) is 0 Å². The number of likely N-dealkylation sites (N-methyl/N-ethyl adjacent to an activating group) is 1. The number of nitrogens with two attached hydrogens (primary N) is 1. The van der Waals surface area contributed by atoms with Gasteiger partial charge in [-0.15, -0.1) is 0 Å². The smallest absolute Gasteiger partial charge is 0.295 e. The molecule has 14 heavy (non-hydrogen) atoms. The van der Waals surface area contributed by atoms with Gasteiger partial charge in [-0.25, -0.2) is 5.84 Å². The molecular weight excluding hydrogens is 199 g/mol. The van der Waals surface area contributed by atoms with Crippen molar-refractivity contribution in [3.8, 4) is 0 Å². The molecule has 4 nitrogen and oxygen atoms in total. The third-order valence-electron chi connectivity index (χ3n) is 1.93. The van der Waals surface area contributed by atoms with Crippen molar-refractivity contribution in [1.82, 2.24) is 10.3 Å². The monoisotopic (exact) mass is 213 g/mol. The van der Waals surface area contributed by atoms with E-state index in [0.717, 1.165) is 0 Å². The molecule has 0 spiro atoms. The van der Waals surface area contributed by atoms with Crippen LogP contribution < -0.4 is 11.3 Å². The lowest BCUT2D eigenvalue weighted by atomic mass is 10.2. The summed E-state index contributed by atoms with van der Waals surface area (Å²) < 4.78 is 35.4. The van der Waals surface area contributed by atoms with Crippen LogP contribution in [0.3, 0.4) is 0 Å². The zero-order valence-electron chi connectivity index (χ0n) is 8.06. The Morgan fingerprint density at radius 1 is 1.57 bits per heavy atom. The van der Waals surface area contributed by atoms with Crippen molar-refractivity contribution in [3.05, 3.63) is 0 Å². The SMILES string of the molecule is CC(C(=O)NN)N(C)CCC(F)(F)F. The Kier molecular flexibility index (Phi) is 4.86. The average molecular weight is 213 g/mol. The summed E-state index contributed by atoms with van der Waals surface area (Å²) in [4.78, 5) is 12.2. The van der Waals surface area contributed by atoms with Crippen molar-refractivity contribution in [2.45, 2.75) is 25.6 Å². The number of halogens is 3. The lowest BCUT2D eigenvalue weighted by Crippen LogP contribution is -2.46. The molecule has 0 fully saturated rings. The molecule has 0 aliphatic heterocycles. The maximum absolute atomic E-state index is 11.8. The Morgan fingerprint density at radius 2 is 2.07 bits per heavy atom. The summed E-state index contributed by atoms with van der Waals surface area (Å²) in [5.41, 5.74) is 1.88. The van der Waals surface area contributed by atoms with Gasteiger partial charge in [0, 0.05) is 6.54 Å². The zero-order valence-corrected chi connectivity index (χ0v) is 8.06. The molecule has 0 bridgehead atoms. The number of hydrogen-bond donors (Lipinski definition) is 2. The highest BCUT2D eigenvalue weighted by Crippen LogP contribution is 2.19. The molecular formula is C7H14F3N3O. The predicted octanol–water partition coefficient (Wildman–Crippen LogP) is 0.249. The summed E-state index contributed by atoms with van der Waals surface area (Å²) >= 11 is 0. The van der Waals surface area contributed by atoms with Gasteiger partial charge in [0.15, 0.2) is 0 Å². The third-order valence-corrected chi connectivity index (χ3v) is 1.93. The molecule has 0 aromatic rings. The second kappa shape index (κ2) is 5.16. The number of carbonyl (C=O) groups excluding carboxylic acids is 1. The molecule has 0 saturated carbocycles.